The molecule has 0 unspecified atom stereocenters. The van der Waals surface area contributed by atoms with Crippen LogP contribution in [-0.4, -0.2) is 48.0 Å². The standard InChI is InChI=1S/C29H34N4O4S2/c1-2-15-32-38(34,35)27-12-10-23(11-13-27)7-6-16-30-18-19-33-39(36,37)29-21-25(24-8-4-3-5-9-24)20-26-22-31-17-14-28(26)29/h3-5,8-14,17,20-22,30,32-33H,2,6-7,15-16,18-19H2,1H3. The van der Waals surface area contributed by atoms with E-state index in [1.165, 1.54) is 0 Å². The first-order valence-electron chi connectivity index (χ1n) is 13.0. The zero-order valence-electron chi connectivity index (χ0n) is 21.9. The molecular weight excluding hydrogens is 532 g/mol. The Balaban J connectivity index is 1.28. The van der Waals surface area contributed by atoms with Gasteiger partial charge in [0.05, 0.1) is 9.79 Å². The van der Waals surface area contributed by atoms with Crippen LogP contribution in [0.2, 0.25) is 0 Å². The second kappa shape index (κ2) is 13.3. The summed E-state index contributed by atoms with van der Waals surface area (Å²) in [5.41, 5.74) is 2.80. The molecule has 1 heterocycles. The van der Waals surface area contributed by atoms with Crippen LogP contribution in [0.3, 0.4) is 0 Å². The Hall–Kier alpha value is -3.15. The van der Waals surface area contributed by atoms with Gasteiger partial charge in [-0.05, 0) is 72.8 Å². The average molecular weight is 567 g/mol. The molecule has 0 fully saturated rings. The maximum Gasteiger partial charge on any atom is 0.241 e. The Morgan fingerprint density at radius 1 is 0.744 bits per heavy atom. The van der Waals surface area contributed by atoms with E-state index in [9.17, 15) is 16.8 Å². The van der Waals surface area contributed by atoms with Gasteiger partial charge >= 0.3 is 0 Å². The van der Waals surface area contributed by atoms with Gasteiger partial charge in [0.1, 0.15) is 0 Å². The third kappa shape index (κ3) is 7.71. The minimum atomic E-state index is -3.75. The summed E-state index contributed by atoms with van der Waals surface area (Å²) >= 11 is 0. The fourth-order valence-electron chi connectivity index (χ4n) is 4.24. The van der Waals surface area contributed by atoms with E-state index in [1.807, 2.05) is 55.5 Å². The molecule has 0 aliphatic carbocycles. The number of hydrogen-bond acceptors (Lipinski definition) is 6. The van der Waals surface area contributed by atoms with Gasteiger partial charge in [-0.2, -0.15) is 0 Å². The number of fused-ring (bicyclic) bond motifs is 1. The summed E-state index contributed by atoms with van der Waals surface area (Å²) < 4.78 is 56.2. The van der Waals surface area contributed by atoms with Crippen LogP contribution in [-0.2, 0) is 26.5 Å². The number of nitrogens with one attached hydrogen (secondary N) is 3. The van der Waals surface area contributed by atoms with Crippen LogP contribution < -0.4 is 14.8 Å². The molecule has 0 radical (unpaired) electrons. The van der Waals surface area contributed by atoms with Gasteiger partial charge in [0, 0.05) is 42.8 Å². The smallest absolute Gasteiger partial charge is 0.241 e. The van der Waals surface area contributed by atoms with Crippen LogP contribution in [0.25, 0.3) is 21.9 Å². The van der Waals surface area contributed by atoms with Crippen molar-refractivity contribution < 1.29 is 16.8 Å². The monoisotopic (exact) mass is 566 g/mol. The van der Waals surface area contributed by atoms with Crippen LogP contribution in [0, 0.1) is 0 Å². The maximum absolute atomic E-state index is 13.3. The molecule has 206 valence electrons. The molecule has 0 amide bonds. The minimum absolute atomic E-state index is 0.233. The predicted molar refractivity (Wildman–Crippen MR) is 155 cm³/mol. The van der Waals surface area contributed by atoms with Crippen molar-refractivity contribution in [1.82, 2.24) is 19.7 Å². The van der Waals surface area contributed by atoms with Crippen LogP contribution >= 0.6 is 0 Å². The number of aromatic nitrogens is 1. The highest BCUT2D eigenvalue weighted by atomic mass is 32.2. The molecule has 3 aromatic carbocycles. The van der Waals surface area contributed by atoms with E-state index in [0.29, 0.717) is 25.0 Å². The van der Waals surface area contributed by atoms with Crippen molar-refractivity contribution in [2.45, 2.75) is 36.0 Å². The minimum Gasteiger partial charge on any atom is -0.315 e. The predicted octanol–water partition coefficient (Wildman–Crippen LogP) is 4.09. The first-order valence-corrected chi connectivity index (χ1v) is 16.0. The quantitative estimate of drug-likeness (QED) is 0.198. The number of sulfonamides is 2. The Labute approximate surface area is 231 Å². The van der Waals surface area contributed by atoms with E-state index < -0.39 is 20.0 Å². The SMILES string of the molecule is CCCNS(=O)(=O)c1ccc(CCCNCCNS(=O)(=O)c2cc(-c3ccccc3)cc3cnccc23)cc1. The van der Waals surface area contributed by atoms with E-state index in [-0.39, 0.29) is 16.3 Å². The van der Waals surface area contributed by atoms with Crippen LogP contribution in [0.1, 0.15) is 25.3 Å². The summed E-state index contributed by atoms with van der Waals surface area (Å²) in [6, 6.07) is 22.0. The zero-order valence-corrected chi connectivity index (χ0v) is 23.6. The second-order valence-corrected chi connectivity index (χ2v) is 12.7. The van der Waals surface area contributed by atoms with Crippen molar-refractivity contribution in [1.29, 1.82) is 0 Å². The van der Waals surface area contributed by atoms with E-state index in [2.05, 4.69) is 19.7 Å². The molecule has 1 aromatic heterocycles. The van der Waals surface area contributed by atoms with E-state index >= 15 is 0 Å². The largest absolute Gasteiger partial charge is 0.315 e. The van der Waals surface area contributed by atoms with Gasteiger partial charge in [-0.15, -0.1) is 0 Å². The Kier molecular flexibility index (Phi) is 9.82. The highest BCUT2D eigenvalue weighted by Crippen LogP contribution is 2.30. The van der Waals surface area contributed by atoms with Gasteiger partial charge < -0.3 is 5.32 Å². The summed E-state index contributed by atoms with van der Waals surface area (Å²) in [6.07, 6.45) is 5.64. The number of nitrogens with zero attached hydrogens (tertiary/aromatic N) is 1. The molecule has 0 aliphatic rings. The van der Waals surface area contributed by atoms with Crippen molar-refractivity contribution in [2.24, 2.45) is 0 Å². The van der Waals surface area contributed by atoms with Crippen LogP contribution in [0.15, 0.2) is 95.0 Å². The number of hydrogen-bond donors (Lipinski definition) is 3. The molecule has 0 spiro atoms. The highest BCUT2D eigenvalue weighted by molar-refractivity contribution is 7.90. The summed E-state index contributed by atoms with van der Waals surface area (Å²) in [5.74, 6) is 0. The normalized spacial score (nSPS) is 12.1. The van der Waals surface area contributed by atoms with Crippen molar-refractivity contribution in [3.05, 3.63) is 90.8 Å². The zero-order chi connectivity index (χ0) is 27.7. The van der Waals surface area contributed by atoms with Gasteiger partial charge in [-0.1, -0.05) is 49.4 Å². The third-order valence-corrected chi connectivity index (χ3v) is 9.28. The molecule has 10 heteroatoms. The van der Waals surface area contributed by atoms with Crippen molar-refractivity contribution in [2.75, 3.05) is 26.2 Å². The molecular formula is C29H34N4O4S2. The number of benzene rings is 3. The molecule has 3 N–H and O–H groups in total. The lowest BCUT2D eigenvalue weighted by atomic mass is 10.0. The molecule has 0 saturated heterocycles. The Morgan fingerprint density at radius 3 is 2.23 bits per heavy atom. The summed E-state index contributed by atoms with van der Waals surface area (Å²) in [4.78, 5) is 4.67. The van der Waals surface area contributed by atoms with Gasteiger partial charge in [-0.3, -0.25) is 4.98 Å². The van der Waals surface area contributed by atoms with E-state index in [4.69, 9.17) is 0 Å². The number of rotatable bonds is 14. The van der Waals surface area contributed by atoms with Gasteiger partial charge in [0.2, 0.25) is 20.0 Å². The maximum atomic E-state index is 13.3. The fourth-order valence-corrected chi connectivity index (χ4v) is 6.66. The van der Waals surface area contributed by atoms with Crippen molar-refractivity contribution in [3.63, 3.8) is 0 Å². The van der Waals surface area contributed by atoms with E-state index in [1.54, 1.807) is 36.7 Å². The Morgan fingerprint density at radius 2 is 1.49 bits per heavy atom. The van der Waals surface area contributed by atoms with Gasteiger partial charge in [0.15, 0.2) is 0 Å². The first-order chi connectivity index (χ1) is 18.8. The van der Waals surface area contributed by atoms with Crippen LogP contribution in [0.4, 0.5) is 0 Å². The number of pyridine rings is 1. The lowest BCUT2D eigenvalue weighted by molar-refractivity contribution is 0.574. The van der Waals surface area contributed by atoms with Crippen molar-refractivity contribution >= 4 is 30.8 Å². The molecule has 4 aromatic rings. The molecule has 8 nitrogen and oxygen atoms in total. The molecule has 4 rings (SSSR count). The first kappa shape index (κ1) is 28.8. The summed E-state index contributed by atoms with van der Waals surface area (Å²) in [5, 5.41) is 4.66. The molecule has 0 aliphatic heterocycles. The molecule has 0 bridgehead atoms. The van der Waals surface area contributed by atoms with Gasteiger partial charge in [-0.25, -0.2) is 26.3 Å². The van der Waals surface area contributed by atoms with Crippen molar-refractivity contribution in [3.8, 4) is 11.1 Å². The molecule has 0 saturated carbocycles. The number of aryl methyl sites for hydroxylation is 1. The Bertz CT molecular complexity index is 1590. The third-order valence-electron chi connectivity index (χ3n) is 6.30. The molecule has 0 atom stereocenters. The molecule has 39 heavy (non-hydrogen) atoms. The van der Waals surface area contributed by atoms with Crippen LogP contribution in [0.5, 0.6) is 0 Å². The van der Waals surface area contributed by atoms with Gasteiger partial charge in [0.25, 0.3) is 0 Å². The summed E-state index contributed by atoms with van der Waals surface area (Å²) in [6.45, 7) is 3.77. The average Bonchev–Trinajstić information content (AvgIpc) is 2.95. The topological polar surface area (TPSA) is 117 Å². The van der Waals surface area contributed by atoms with E-state index in [0.717, 1.165) is 41.3 Å². The lowest BCUT2D eigenvalue weighted by Crippen LogP contribution is -2.32. The second-order valence-electron chi connectivity index (χ2n) is 9.23. The highest BCUT2D eigenvalue weighted by Gasteiger charge is 2.19. The fraction of sp³-hybridized carbons (Fsp3) is 0.276. The lowest BCUT2D eigenvalue weighted by Gasteiger charge is -2.13. The summed E-state index contributed by atoms with van der Waals surface area (Å²) in [7, 11) is -7.20.